The monoisotopic (exact) mass is 670 g/mol. The molecular formula is C38H46F4N2O4. The SMILES string of the molecule is CCOC(=O)C[C@H](CC(=O)C(CC(C)C)n1cc(CCN2CC[C@@H](F)C2)cc(F)c1=O)c1cc(-c2c(C)cc(F)cc2C)cc(C)c1F. The first-order valence-electron chi connectivity index (χ1n) is 16.7. The Kier molecular flexibility index (Phi) is 12.4. The molecule has 0 aliphatic carbocycles. The Balaban J connectivity index is 1.74. The first kappa shape index (κ1) is 37.0. The molecule has 0 N–H and O–H groups in total. The standard InChI is InChI=1S/C38H46F4N2O4/c1-7-48-35(46)19-27(31-17-28(13-25(6)37(31)42)36-23(4)14-30(40)15-24(36)5)18-34(45)33(12-22(2)3)44-20-26(16-32(41)38(44)47)8-10-43-11-9-29(39)21-43/h13-17,20,22,27,29,33H,7-12,18-19,21H2,1-6H3/t27-,29+,33?/m0/s1. The number of likely N-dealkylation sites (tertiary alicyclic amines) is 1. The van der Waals surface area contributed by atoms with Gasteiger partial charge in [-0.25, -0.2) is 17.6 Å². The molecule has 1 fully saturated rings. The van der Waals surface area contributed by atoms with E-state index in [1.54, 1.807) is 39.8 Å². The van der Waals surface area contributed by atoms with Gasteiger partial charge in [0.2, 0.25) is 0 Å². The van der Waals surface area contributed by atoms with Crippen molar-refractivity contribution in [3.05, 3.63) is 92.2 Å². The molecule has 0 saturated carbocycles. The maximum absolute atomic E-state index is 16.0. The van der Waals surface area contributed by atoms with Crippen LogP contribution in [-0.2, 0) is 20.7 Å². The predicted molar refractivity (Wildman–Crippen MR) is 178 cm³/mol. The molecule has 0 amide bonds. The lowest BCUT2D eigenvalue weighted by Crippen LogP contribution is -2.34. The fourth-order valence-corrected chi connectivity index (χ4v) is 6.81. The quantitative estimate of drug-likeness (QED) is 0.130. The number of halogens is 4. The van der Waals surface area contributed by atoms with Crippen molar-refractivity contribution < 1.29 is 31.9 Å². The molecule has 1 saturated heterocycles. The molecule has 6 nitrogen and oxygen atoms in total. The molecule has 48 heavy (non-hydrogen) atoms. The summed E-state index contributed by atoms with van der Waals surface area (Å²) in [6, 6.07) is 6.12. The first-order valence-corrected chi connectivity index (χ1v) is 16.7. The Morgan fingerprint density at radius 1 is 0.979 bits per heavy atom. The van der Waals surface area contributed by atoms with Crippen molar-refractivity contribution in [1.82, 2.24) is 9.47 Å². The second kappa shape index (κ2) is 16.1. The van der Waals surface area contributed by atoms with E-state index in [-0.39, 0.29) is 42.9 Å². The Labute approximate surface area is 280 Å². The summed E-state index contributed by atoms with van der Waals surface area (Å²) in [4.78, 5) is 42.2. The van der Waals surface area contributed by atoms with Gasteiger partial charge in [-0.2, -0.15) is 0 Å². The number of Topliss-reactive ketones (excluding diaryl/α,β-unsaturated/α-hetero) is 1. The minimum atomic E-state index is -1.08. The van der Waals surface area contributed by atoms with E-state index in [9.17, 15) is 23.2 Å². The van der Waals surface area contributed by atoms with Crippen molar-refractivity contribution in [3.63, 3.8) is 0 Å². The summed E-state index contributed by atoms with van der Waals surface area (Å²) in [7, 11) is 0. The van der Waals surface area contributed by atoms with Crippen molar-refractivity contribution >= 4 is 11.8 Å². The van der Waals surface area contributed by atoms with Crippen LogP contribution in [0.5, 0.6) is 0 Å². The fraction of sp³-hybridized carbons (Fsp3) is 0.500. The van der Waals surface area contributed by atoms with Gasteiger partial charge < -0.3 is 14.2 Å². The predicted octanol–water partition coefficient (Wildman–Crippen LogP) is 7.73. The van der Waals surface area contributed by atoms with Gasteiger partial charge in [0.15, 0.2) is 11.6 Å². The van der Waals surface area contributed by atoms with Crippen LogP contribution in [0.3, 0.4) is 0 Å². The van der Waals surface area contributed by atoms with Gasteiger partial charge in [0.25, 0.3) is 5.56 Å². The Hall–Kier alpha value is -3.79. The number of hydrogen-bond donors (Lipinski definition) is 0. The second-order valence-electron chi connectivity index (χ2n) is 13.5. The van der Waals surface area contributed by atoms with Crippen LogP contribution < -0.4 is 5.56 Å². The molecule has 2 heterocycles. The number of rotatable bonds is 14. The lowest BCUT2D eigenvalue weighted by Gasteiger charge is -2.25. The van der Waals surface area contributed by atoms with Crippen molar-refractivity contribution in [2.45, 2.75) is 91.8 Å². The molecule has 2 aromatic carbocycles. The molecule has 0 radical (unpaired) electrons. The molecule has 3 aromatic rings. The third-order valence-electron chi connectivity index (χ3n) is 9.06. The zero-order valence-electron chi connectivity index (χ0n) is 28.7. The highest BCUT2D eigenvalue weighted by Crippen LogP contribution is 2.37. The van der Waals surface area contributed by atoms with Crippen LogP contribution >= 0.6 is 0 Å². The summed E-state index contributed by atoms with van der Waals surface area (Å²) < 4.78 is 65.2. The normalized spacial score (nSPS) is 16.4. The summed E-state index contributed by atoms with van der Waals surface area (Å²) in [5.74, 6) is -4.07. The van der Waals surface area contributed by atoms with E-state index in [1.165, 1.54) is 18.3 Å². The van der Waals surface area contributed by atoms with E-state index in [1.807, 2.05) is 18.7 Å². The highest BCUT2D eigenvalue weighted by molar-refractivity contribution is 5.84. The number of carbonyl (C=O) groups excluding carboxylic acids is 2. The molecule has 3 atom stereocenters. The Morgan fingerprint density at radius 3 is 2.27 bits per heavy atom. The van der Waals surface area contributed by atoms with Gasteiger partial charge in [-0.1, -0.05) is 13.8 Å². The number of pyridine rings is 1. The number of aryl methyl sites for hydroxylation is 3. The van der Waals surface area contributed by atoms with E-state index in [4.69, 9.17) is 4.74 Å². The Morgan fingerprint density at radius 2 is 1.67 bits per heavy atom. The Bertz CT molecular complexity index is 1680. The number of ether oxygens (including phenoxy) is 1. The van der Waals surface area contributed by atoms with Crippen LogP contribution in [0.4, 0.5) is 17.6 Å². The van der Waals surface area contributed by atoms with Crippen LogP contribution in [0.2, 0.25) is 0 Å². The summed E-state index contributed by atoms with van der Waals surface area (Å²) in [5, 5.41) is 0. The molecule has 0 bridgehead atoms. The van der Waals surface area contributed by atoms with Crippen LogP contribution in [0.25, 0.3) is 11.1 Å². The highest BCUT2D eigenvalue weighted by Gasteiger charge is 2.31. The van der Waals surface area contributed by atoms with Crippen LogP contribution in [0.1, 0.15) is 86.2 Å². The van der Waals surface area contributed by atoms with Crippen LogP contribution in [0.15, 0.2) is 41.3 Å². The van der Waals surface area contributed by atoms with Gasteiger partial charge >= 0.3 is 5.97 Å². The number of nitrogens with zero attached hydrogens (tertiary/aromatic N) is 2. The number of ketones is 1. The molecule has 1 aliphatic heterocycles. The topological polar surface area (TPSA) is 68.6 Å². The minimum absolute atomic E-state index is 0.0705. The van der Waals surface area contributed by atoms with Gasteiger partial charge in [0, 0.05) is 38.2 Å². The van der Waals surface area contributed by atoms with Crippen LogP contribution in [-0.4, -0.2) is 53.6 Å². The van der Waals surface area contributed by atoms with Gasteiger partial charge in [0.1, 0.15) is 17.8 Å². The number of esters is 1. The maximum Gasteiger partial charge on any atom is 0.306 e. The maximum atomic E-state index is 16.0. The van der Waals surface area contributed by atoms with Crippen molar-refractivity contribution in [3.8, 4) is 11.1 Å². The van der Waals surface area contributed by atoms with Crippen molar-refractivity contribution in [1.29, 1.82) is 0 Å². The number of aromatic nitrogens is 1. The summed E-state index contributed by atoms with van der Waals surface area (Å²) >= 11 is 0. The molecule has 10 heteroatoms. The zero-order chi connectivity index (χ0) is 35.3. The summed E-state index contributed by atoms with van der Waals surface area (Å²) in [6.45, 7) is 12.0. The average molecular weight is 671 g/mol. The molecular weight excluding hydrogens is 624 g/mol. The molecule has 1 unspecified atom stereocenters. The van der Waals surface area contributed by atoms with E-state index in [0.717, 1.165) is 16.2 Å². The lowest BCUT2D eigenvalue weighted by atomic mass is 9.84. The third-order valence-corrected chi connectivity index (χ3v) is 9.06. The lowest BCUT2D eigenvalue weighted by molar-refractivity contribution is -0.143. The second-order valence-corrected chi connectivity index (χ2v) is 13.5. The van der Waals surface area contributed by atoms with Gasteiger partial charge in [-0.15, -0.1) is 0 Å². The number of carbonyl (C=O) groups is 2. The number of hydrogen-bond acceptors (Lipinski definition) is 5. The molecule has 260 valence electrons. The first-order chi connectivity index (χ1) is 22.7. The van der Waals surface area contributed by atoms with E-state index < -0.39 is 52.9 Å². The number of alkyl halides is 1. The zero-order valence-corrected chi connectivity index (χ0v) is 28.7. The summed E-state index contributed by atoms with van der Waals surface area (Å²) in [6.07, 6.45) is 0.981. The average Bonchev–Trinajstić information content (AvgIpc) is 3.42. The fourth-order valence-electron chi connectivity index (χ4n) is 6.81. The minimum Gasteiger partial charge on any atom is -0.466 e. The van der Waals surface area contributed by atoms with Gasteiger partial charge in [-0.3, -0.25) is 14.4 Å². The van der Waals surface area contributed by atoms with E-state index in [2.05, 4.69) is 0 Å². The molecule has 1 aromatic heterocycles. The van der Waals surface area contributed by atoms with E-state index in [0.29, 0.717) is 54.7 Å². The van der Waals surface area contributed by atoms with Crippen molar-refractivity contribution in [2.75, 3.05) is 26.2 Å². The van der Waals surface area contributed by atoms with Gasteiger partial charge in [0.05, 0.1) is 19.1 Å². The third kappa shape index (κ3) is 9.01. The summed E-state index contributed by atoms with van der Waals surface area (Å²) in [5.41, 5.74) is 2.59. The highest BCUT2D eigenvalue weighted by atomic mass is 19.1. The molecule has 0 spiro atoms. The van der Waals surface area contributed by atoms with E-state index >= 15 is 8.78 Å². The number of benzene rings is 2. The van der Waals surface area contributed by atoms with Crippen molar-refractivity contribution in [2.24, 2.45) is 5.92 Å². The molecule has 4 rings (SSSR count). The van der Waals surface area contributed by atoms with Gasteiger partial charge in [-0.05, 0) is 122 Å². The smallest absolute Gasteiger partial charge is 0.306 e. The van der Waals surface area contributed by atoms with Crippen LogP contribution in [0, 0.1) is 44.1 Å². The largest absolute Gasteiger partial charge is 0.466 e. The molecule has 1 aliphatic rings.